The molecule has 3 heterocycles. The molecule has 0 aliphatic carbocycles. The van der Waals surface area contributed by atoms with Gasteiger partial charge in [0.1, 0.15) is 5.76 Å². The Bertz CT molecular complexity index is 745. The first-order valence-electron chi connectivity index (χ1n) is 8.90. The summed E-state index contributed by atoms with van der Waals surface area (Å²) in [6.45, 7) is 6.74. The number of carbonyl (C=O) groups excluding carboxylic acids is 1. The van der Waals surface area contributed by atoms with E-state index < -0.39 is 0 Å². The first kappa shape index (κ1) is 18.2. The number of piperazine rings is 1. The molecular formula is C18H26N6O2. The number of aryl methyl sites for hydroxylation is 2. The van der Waals surface area contributed by atoms with Crippen LogP contribution in [0.4, 0.5) is 11.5 Å². The molecular weight excluding hydrogens is 332 g/mol. The number of rotatable bonds is 5. The first-order chi connectivity index (χ1) is 12.5. The lowest BCUT2D eigenvalue weighted by atomic mass is 10.1. The standard InChI is InChI=1S/C18H26N6O2/c1-13-16(14(2)26-21-13)5-6-18(25)24-9-7-23(8-10-24)17-11-15(22(3)4)12-19-20-17/h11-12H,5-10H2,1-4H3. The van der Waals surface area contributed by atoms with E-state index in [1.54, 1.807) is 6.20 Å². The Morgan fingerprint density at radius 3 is 2.58 bits per heavy atom. The second-order valence-corrected chi connectivity index (χ2v) is 6.84. The van der Waals surface area contributed by atoms with Crippen LogP contribution in [0.25, 0.3) is 0 Å². The fraction of sp³-hybridized carbons (Fsp3) is 0.556. The van der Waals surface area contributed by atoms with Crippen LogP contribution in [0.1, 0.15) is 23.4 Å². The van der Waals surface area contributed by atoms with Crippen LogP contribution in [0.15, 0.2) is 16.8 Å². The van der Waals surface area contributed by atoms with Gasteiger partial charge in [0, 0.05) is 58.3 Å². The predicted molar refractivity (Wildman–Crippen MR) is 99.5 cm³/mol. The quantitative estimate of drug-likeness (QED) is 0.800. The Balaban J connectivity index is 1.53. The minimum Gasteiger partial charge on any atom is -0.376 e. The summed E-state index contributed by atoms with van der Waals surface area (Å²) in [4.78, 5) is 18.6. The van der Waals surface area contributed by atoms with Gasteiger partial charge in [0.15, 0.2) is 5.82 Å². The number of carbonyl (C=O) groups is 1. The van der Waals surface area contributed by atoms with Gasteiger partial charge in [-0.05, 0) is 20.3 Å². The molecule has 0 spiro atoms. The highest BCUT2D eigenvalue weighted by molar-refractivity contribution is 5.76. The normalized spacial score (nSPS) is 14.6. The Kier molecular flexibility index (Phi) is 5.39. The Morgan fingerprint density at radius 2 is 1.96 bits per heavy atom. The van der Waals surface area contributed by atoms with Gasteiger partial charge in [0.25, 0.3) is 0 Å². The fourth-order valence-electron chi connectivity index (χ4n) is 3.18. The minimum absolute atomic E-state index is 0.178. The lowest BCUT2D eigenvalue weighted by Gasteiger charge is -2.35. The molecule has 0 bridgehead atoms. The summed E-state index contributed by atoms with van der Waals surface area (Å²) in [5, 5.41) is 12.3. The van der Waals surface area contributed by atoms with Gasteiger partial charge in [-0.2, -0.15) is 5.10 Å². The summed E-state index contributed by atoms with van der Waals surface area (Å²) in [6, 6.07) is 2.03. The van der Waals surface area contributed by atoms with E-state index in [4.69, 9.17) is 4.52 Å². The van der Waals surface area contributed by atoms with Crippen molar-refractivity contribution >= 4 is 17.4 Å². The SMILES string of the molecule is Cc1noc(C)c1CCC(=O)N1CCN(c2cc(N(C)C)cnn2)CC1. The van der Waals surface area contributed by atoms with Gasteiger partial charge in [0.05, 0.1) is 17.6 Å². The van der Waals surface area contributed by atoms with E-state index in [-0.39, 0.29) is 5.91 Å². The highest BCUT2D eigenvalue weighted by Gasteiger charge is 2.23. The van der Waals surface area contributed by atoms with Crippen LogP contribution < -0.4 is 9.80 Å². The molecule has 1 saturated heterocycles. The predicted octanol–water partition coefficient (Wildman–Crippen LogP) is 1.43. The van der Waals surface area contributed by atoms with Gasteiger partial charge >= 0.3 is 0 Å². The molecule has 0 unspecified atom stereocenters. The molecule has 2 aromatic rings. The average molecular weight is 358 g/mol. The number of hydrogen-bond acceptors (Lipinski definition) is 7. The van der Waals surface area contributed by atoms with Gasteiger partial charge in [-0.15, -0.1) is 5.10 Å². The Morgan fingerprint density at radius 1 is 1.23 bits per heavy atom. The molecule has 26 heavy (non-hydrogen) atoms. The van der Waals surface area contributed by atoms with Crippen LogP contribution in [-0.2, 0) is 11.2 Å². The summed E-state index contributed by atoms with van der Waals surface area (Å²) in [5.74, 6) is 1.84. The van der Waals surface area contributed by atoms with E-state index in [1.807, 2.05) is 43.8 Å². The molecule has 0 aromatic carbocycles. The topological polar surface area (TPSA) is 78.6 Å². The highest BCUT2D eigenvalue weighted by Crippen LogP contribution is 2.19. The van der Waals surface area contributed by atoms with Crippen molar-refractivity contribution < 1.29 is 9.32 Å². The zero-order valence-electron chi connectivity index (χ0n) is 15.9. The van der Waals surface area contributed by atoms with E-state index in [0.29, 0.717) is 25.9 Å². The van der Waals surface area contributed by atoms with Gasteiger partial charge in [-0.25, -0.2) is 0 Å². The minimum atomic E-state index is 0.178. The van der Waals surface area contributed by atoms with Crippen LogP contribution in [0.5, 0.6) is 0 Å². The number of aromatic nitrogens is 3. The Labute approximate surface area is 153 Å². The van der Waals surface area contributed by atoms with Gasteiger partial charge in [0.2, 0.25) is 5.91 Å². The third kappa shape index (κ3) is 3.95. The summed E-state index contributed by atoms with van der Waals surface area (Å²) in [6.07, 6.45) is 2.91. The maximum absolute atomic E-state index is 12.5. The number of amides is 1. The van der Waals surface area contributed by atoms with E-state index in [9.17, 15) is 4.79 Å². The summed E-state index contributed by atoms with van der Waals surface area (Å²) >= 11 is 0. The molecule has 1 aliphatic heterocycles. The second-order valence-electron chi connectivity index (χ2n) is 6.84. The molecule has 140 valence electrons. The highest BCUT2D eigenvalue weighted by atomic mass is 16.5. The third-order valence-corrected chi connectivity index (χ3v) is 4.87. The summed E-state index contributed by atoms with van der Waals surface area (Å²) < 4.78 is 5.16. The number of hydrogen-bond donors (Lipinski definition) is 0. The largest absolute Gasteiger partial charge is 0.376 e. The molecule has 0 radical (unpaired) electrons. The maximum atomic E-state index is 12.5. The van der Waals surface area contributed by atoms with Crippen molar-refractivity contribution in [1.29, 1.82) is 0 Å². The van der Waals surface area contributed by atoms with Crippen molar-refractivity contribution in [2.75, 3.05) is 50.1 Å². The van der Waals surface area contributed by atoms with Crippen molar-refractivity contribution in [2.45, 2.75) is 26.7 Å². The van der Waals surface area contributed by atoms with Crippen LogP contribution in [0.2, 0.25) is 0 Å². The van der Waals surface area contributed by atoms with Crippen LogP contribution in [0.3, 0.4) is 0 Å². The summed E-state index contributed by atoms with van der Waals surface area (Å²) in [5.41, 5.74) is 2.94. The van der Waals surface area contributed by atoms with E-state index in [1.165, 1.54) is 0 Å². The molecule has 0 saturated carbocycles. The second kappa shape index (κ2) is 7.72. The van der Waals surface area contributed by atoms with Crippen molar-refractivity contribution in [3.05, 3.63) is 29.3 Å². The van der Waals surface area contributed by atoms with Gasteiger partial charge in [-0.1, -0.05) is 5.16 Å². The zero-order chi connectivity index (χ0) is 18.7. The molecule has 8 heteroatoms. The summed E-state index contributed by atoms with van der Waals surface area (Å²) in [7, 11) is 3.97. The van der Waals surface area contributed by atoms with Gasteiger partial charge < -0.3 is 19.2 Å². The first-order valence-corrected chi connectivity index (χ1v) is 8.90. The lowest BCUT2D eigenvalue weighted by Crippen LogP contribution is -2.49. The van der Waals surface area contributed by atoms with Gasteiger partial charge in [-0.3, -0.25) is 4.79 Å². The fourth-order valence-corrected chi connectivity index (χ4v) is 3.18. The van der Waals surface area contributed by atoms with Crippen LogP contribution in [0, 0.1) is 13.8 Å². The molecule has 3 rings (SSSR count). The monoisotopic (exact) mass is 358 g/mol. The van der Waals surface area contributed by atoms with Crippen molar-refractivity contribution in [3.63, 3.8) is 0 Å². The molecule has 0 atom stereocenters. The Hall–Kier alpha value is -2.64. The molecule has 1 fully saturated rings. The zero-order valence-corrected chi connectivity index (χ0v) is 15.9. The molecule has 8 nitrogen and oxygen atoms in total. The number of anilines is 2. The van der Waals surface area contributed by atoms with Crippen molar-refractivity contribution in [3.8, 4) is 0 Å². The van der Waals surface area contributed by atoms with Crippen LogP contribution in [-0.4, -0.2) is 66.4 Å². The molecule has 0 N–H and O–H groups in total. The third-order valence-electron chi connectivity index (χ3n) is 4.87. The molecule has 1 amide bonds. The van der Waals surface area contributed by atoms with Crippen molar-refractivity contribution in [1.82, 2.24) is 20.3 Å². The smallest absolute Gasteiger partial charge is 0.223 e. The lowest BCUT2D eigenvalue weighted by molar-refractivity contribution is -0.131. The maximum Gasteiger partial charge on any atom is 0.223 e. The molecule has 1 aliphatic rings. The average Bonchev–Trinajstić information content (AvgIpc) is 2.98. The van der Waals surface area contributed by atoms with Crippen molar-refractivity contribution in [2.24, 2.45) is 0 Å². The molecule has 2 aromatic heterocycles. The van der Waals surface area contributed by atoms with E-state index in [2.05, 4.69) is 20.3 Å². The van der Waals surface area contributed by atoms with E-state index >= 15 is 0 Å². The van der Waals surface area contributed by atoms with E-state index in [0.717, 1.165) is 41.6 Å². The van der Waals surface area contributed by atoms with Crippen LogP contribution >= 0.6 is 0 Å². The number of nitrogens with zero attached hydrogens (tertiary/aromatic N) is 6.